The average Bonchev–Trinajstić information content (AvgIpc) is 3.03. The molecule has 2 aromatic rings. The lowest BCUT2D eigenvalue weighted by molar-refractivity contribution is -0.117. The van der Waals surface area contributed by atoms with Gasteiger partial charge in [0.15, 0.2) is 0 Å². The molecule has 3 heterocycles. The topological polar surface area (TPSA) is 71.8 Å². The Balaban J connectivity index is 1.52. The molecule has 0 radical (unpaired) electrons. The van der Waals surface area contributed by atoms with E-state index >= 15 is 0 Å². The van der Waals surface area contributed by atoms with E-state index in [1.807, 2.05) is 19.3 Å². The highest BCUT2D eigenvalue weighted by molar-refractivity contribution is 6.30. The van der Waals surface area contributed by atoms with Crippen LogP contribution in [0, 0.1) is 0 Å². The third-order valence-corrected chi connectivity index (χ3v) is 4.33. The molecule has 2 atom stereocenters. The molecule has 2 aromatic heterocycles. The lowest BCUT2D eigenvalue weighted by atomic mass is 9.98. The SMILES string of the molecule is C[C@H](NC[C@H]1CCCn2ccnc21)C(=O)Nc1ccc(Cl)cn1. The summed E-state index contributed by atoms with van der Waals surface area (Å²) in [6.45, 7) is 3.62. The molecule has 0 saturated carbocycles. The second-order valence-corrected chi connectivity index (χ2v) is 6.24. The lowest BCUT2D eigenvalue weighted by Gasteiger charge is -2.25. The van der Waals surface area contributed by atoms with Crippen molar-refractivity contribution in [2.45, 2.75) is 38.3 Å². The van der Waals surface area contributed by atoms with E-state index in [1.165, 1.54) is 6.20 Å². The van der Waals surface area contributed by atoms with E-state index in [0.29, 0.717) is 16.8 Å². The van der Waals surface area contributed by atoms with Crippen LogP contribution in [0.25, 0.3) is 0 Å². The number of nitrogens with one attached hydrogen (secondary N) is 2. The normalized spacial score (nSPS) is 18.3. The first-order valence-corrected chi connectivity index (χ1v) is 8.18. The molecule has 0 aliphatic carbocycles. The van der Waals surface area contributed by atoms with Crippen molar-refractivity contribution in [3.8, 4) is 0 Å². The van der Waals surface area contributed by atoms with Crippen molar-refractivity contribution in [2.24, 2.45) is 0 Å². The van der Waals surface area contributed by atoms with E-state index in [-0.39, 0.29) is 11.9 Å². The van der Waals surface area contributed by atoms with Gasteiger partial charge in [-0.2, -0.15) is 0 Å². The second-order valence-electron chi connectivity index (χ2n) is 5.80. The van der Waals surface area contributed by atoms with E-state index in [2.05, 4.69) is 25.2 Å². The zero-order chi connectivity index (χ0) is 16.2. The summed E-state index contributed by atoms with van der Waals surface area (Å²) in [6, 6.07) is 3.08. The zero-order valence-electron chi connectivity index (χ0n) is 13.0. The fourth-order valence-corrected chi connectivity index (χ4v) is 2.91. The number of pyridine rings is 1. The summed E-state index contributed by atoms with van der Waals surface area (Å²) < 4.78 is 2.19. The Morgan fingerprint density at radius 3 is 3.13 bits per heavy atom. The Kier molecular flexibility index (Phi) is 4.93. The number of anilines is 1. The minimum absolute atomic E-state index is 0.112. The first-order valence-electron chi connectivity index (χ1n) is 7.80. The maximum Gasteiger partial charge on any atom is 0.242 e. The molecule has 2 N–H and O–H groups in total. The predicted octanol–water partition coefficient (Wildman–Crippen LogP) is 2.43. The number of carbonyl (C=O) groups is 1. The summed E-state index contributed by atoms with van der Waals surface area (Å²) in [5.74, 6) is 1.85. The standard InChI is InChI=1S/C16H20ClN5O/c1-11(16(23)21-14-5-4-13(17)10-20-14)19-9-12-3-2-7-22-8-6-18-15(12)22/h4-6,8,10-12,19H,2-3,7,9H2,1H3,(H,20,21,23)/t11-,12+/m0/s1. The molecule has 0 saturated heterocycles. The molecule has 122 valence electrons. The van der Waals surface area contributed by atoms with E-state index in [0.717, 1.165) is 31.8 Å². The first-order chi connectivity index (χ1) is 11.1. The van der Waals surface area contributed by atoms with Crippen molar-refractivity contribution in [2.75, 3.05) is 11.9 Å². The van der Waals surface area contributed by atoms with Crippen LogP contribution in [0.1, 0.15) is 31.5 Å². The Morgan fingerprint density at radius 1 is 1.48 bits per heavy atom. The monoisotopic (exact) mass is 333 g/mol. The number of rotatable bonds is 5. The van der Waals surface area contributed by atoms with Crippen LogP contribution in [-0.4, -0.2) is 33.0 Å². The molecule has 1 amide bonds. The van der Waals surface area contributed by atoms with Gasteiger partial charge in [0.2, 0.25) is 5.91 Å². The van der Waals surface area contributed by atoms with Gasteiger partial charge in [-0.1, -0.05) is 11.6 Å². The summed E-state index contributed by atoms with van der Waals surface area (Å²) >= 11 is 5.78. The summed E-state index contributed by atoms with van der Waals surface area (Å²) in [7, 11) is 0. The molecule has 0 bridgehead atoms. The molecule has 0 fully saturated rings. The molecule has 6 nitrogen and oxygen atoms in total. The lowest BCUT2D eigenvalue weighted by Crippen LogP contribution is -2.41. The number of imidazole rings is 1. The van der Waals surface area contributed by atoms with E-state index in [1.54, 1.807) is 12.1 Å². The van der Waals surface area contributed by atoms with Crippen molar-refractivity contribution in [1.82, 2.24) is 19.9 Å². The second kappa shape index (κ2) is 7.10. The molecular weight excluding hydrogens is 314 g/mol. The molecule has 0 aromatic carbocycles. The number of hydrogen-bond donors (Lipinski definition) is 2. The van der Waals surface area contributed by atoms with Crippen LogP contribution >= 0.6 is 11.6 Å². The Labute approximate surface area is 140 Å². The van der Waals surface area contributed by atoms with Gasteiger partial charge in [-0.15, -0.1) is 0 Å². The number of carbonyl (C=O) groups excluding carboxylic acids is 1. The molecule has 0 unspecified atom stereocenters. The van der Waals surface area contributed by atoms with E-state index in [4.69, 9.17) is 11.6 Å². The van der Waals surface area contributed by atoms with Crippen LogP contribution in [0.3, 0.4) is 0 Å². The average molecular weight is 334 g/mol. The van der Waals surface area contributed by atoms with Gasteiger partial charge in [0.05, 0.1) is 11.1 Å². The fourth-order valence-electron chi connectivity index (χ4n) is 2.80. The van der Waals surface area contributed by atoms with Crippen molar-refractivity contribution in [3.63, 3.8) is 0 Å². The number of amides is 1. The molecule has 1 aliphatic heterocycles. The molecular formula is C16H20ClN5O. The van der Waals surface area contributed by atoms with Crippen LogP contribution in [0.2, 0.25) is 5.02 Å². The van der Waals surface area contributed by atoms with Gasteiger partial charge in [0.1, 0.15) is 11.6 Å². The molecule has 7 heteroatoms. The summed E-state index contributed by atoms with van der Waals surface area (Å²) in [4.78, 5) is 20.7. The Morgan fingerprint density at radius 2 is 2.35 bits per heavy atom. The van der Waals surface area contributed by atoms with Gasteiger partial charge in [-0.05, 0) is 31.9 Å². The van der Waals surface area contributed by atoms with Crippen molar-refractivity contribution >= 4 is 23.3 Å². The van der Waals surface area contributed by atoms with Crippen molar-refractivity contribution < 1.29 is 4.79 Å². The minimum atomic E-state index is -0.308. The van der Waals surface area contributed by atoms with Gasteiger partial charge in [0.25, 0.3) is 0 Å². The zero-order valence-corrected chi connectivity index (χ0v) is 13.8. The third kappa shape index (κ3) is 3.89. The largest absolute Gasteiger partial charge is 0.335 e. The highest BCUT2D eigenvalue weighted by atomic mass is 35.5. The van der Waals surface area contributed by atoms with E-state index in [9.17, 15) is 4.79 Å². The molecule has 23 heavy (non-hydrogen) atoms. The van der Waals surface area contributed by atoms with Gasteiger partial charge >= 0.3 is 0 Å². The number of hydrogen-bond acceptors (Lipinski definition) is 4. The van der Waals surface area contributed by atoms with E-state index < -0.39 is 0 Å². The van der Waals surface area contributed by atoms with Gasteiger partial charge in [0, 0.05) is 37.6 Å². The number of fused-ring (bicyclic) bond motifs is 1. The fraction of sp³-hybridized carbons (Fsp3) is 0.438. The van der Waals surface area contributed by atoms with Gasteiger partial charge in [-0.3, -0.25) is 4.79 Å². The Hall–Kier alpha value is -1.92. The van der Waals surface area contributed by atoms with Crippen molar-refractivity contribution in [3.05, 3.63) is 41.6 Å². The minimum Gasteiger partial charge on any atom is -0.335 e. The maximum atomic E-state index is 12.2. The van der Waals surface area contributed by atoms with Crippen molar-refractivity contribution in [1.29, 1.82) is 0 Å². The number of aromatic nitrogens is 3. The van der Waals surface area contributed by atoms with Gasteiger partial charge in [-0.25, -0.2) is 9.97 Å². The third-order valence-electron chi connectivity index (χ3n) is 4.11. The number of halogens is 1. The molecule has 0 spiro atoms. The summed E-state index contributed by atoms with van der Waals surface area (Å²) in [5, 5.41) is 6.62. The predicted molar refractivity (Wildman–Crippen MR) is 89.5 cm³/mol. The smallest absolute Gasteiger partial charge is 0.242 e. The molecule has 1 aliphatic rings. The van der Waals surface area contributed by atoms with Crippen LogP contribution in [0.5, 0.6) is 0 Å². The quantitative estimate of drug-likeness (QED) is 0.881. The van der Waals surface area contributed by atoms with Gasteiger partial charge < -0.3 is 15.2 Å². The highest BCUT2D eigenvalue weighted by Gasteiger charge is 2.23. The van der Waals surface area contributed by atoms with Crippen LogP contribution < -0.4 is 10.6 Å². The van der Waals surface area contributed by atoms with Crippen LogP contribution in [-0.2, 0) is 11.3 Å². The highest BCUT2D eigenvalue weighted by Crippen LogP contribution is 2.24. The van der Waals surface area contributed by atoms with Crippen LogP contribution in [0.4, 0.5) is 5.82 Å². The summed E-state index contributed by atoms with van der Waals surface area (Å²) in [5.41, 5.74) is 0. The molecule has 3 rings (SSSR count). The van der Waals surface area contributed by atoms with Crippen LogP contribution in [0.15, 0.2) is 30.7 Å². The number of aryl methyl sites for hydroxylation is 1. The maximum absolute atomic E-state index is 12.2. The number of nitrogens with zero attached hydrogens (tertiary/aromatic N) is 3. The Bertz CT molecular complexity index is 669. The summed E-state index contributed by atoms with van der Waals surface area (Å²) in [6.07, 6.45) is 7.61. The first kappa shape index (κ1) is 16.0.